The first-order valence-corrected chi connectivity index (χ1v) is 9.41. The molecule has 28 heavy (non-hydrogen) atoms. The fraction of sp³-hybridized carbons (Fsp3) is 0.364. The molecule has 0 atom stereocenters. The van der Waals surface area contributed by atoms with Gasteiger partial charge < -0.3 is 20.1 Å². The predicted octanol–water partition coefficient (Wildman–Crippen LogP) is 2.87. The van der Waals surface area contributed by atoms with Gasteiger partial charge in [-0.2, -0.15) is 0 Å². The molecular formula is C22H26N2O4. The molecule has 0 aliphatic carbocycles. The third kappa shape index (κ3) is 4.82. The maximum atomic E-state index is 12.8. The quantitative estimate of drug-likeness (QED) is 0.798. The number of piperidine rings is 1. The molecule has 0 saturated carbocycles. The molecule has 0 radical (unpaired) electrons. The molecule has 0 aromatic heterocycles. The van der Waals surface area contributed by atoms with Gasteiger partial charge in [-0.05, 0) is 43.2 Å². The van der Waals surface area contributed by atoms with Gasteiger partial charge in [0.1, 0.15) is 11.5 Å². The van der Waals surface area contributed by atoms with Crippen molar-refractivity contribution >= 4 is 11.8 Å². The lowest BCUT2D eigenvalue weighted by molar-refractivity contribution is -0.121. The van der Waals surface area contributed by atoms with Gasteiger partial charge in [-0.25, -0.2) is 0 Å². The molecule has 0 unspecified atom stereocenters. The summed E-state index contributed by atoms with van der Waals surface area (Å²) in [5.41, 5.74) is 5.75. The van der Waals surface area contributed by atoms with Crippen LogP contribution >= 0.6 is 0 Å². The molecule has 3 rings (SSSR count). The summed E-state index contributed by atoms with van der Waals surface area (Å²) in [5, 5.41) is 0. The smallest absolute Gasteiger partial charge is 0.253 e. The molecule has 2 N–H and O–H groups in total. The van der Waals surface area contributed by atoms with Crippen LogP contribution in [0.25, 0.3) is 0 Å². The minimum absolute atomic E-state index is 0.0319. The standard InChI is InChI=1S/C22H26N2O4/c1-27-19-9-5-6-17(14-19)21(26)24-12-10-22(11-13-24,15-20(23)25)16-28-18-7-3-2-4-8-18/h2-9,14H,10-13,15-16H2,1H3,(H2,23,25). The number of amides is 2. The maximum Gasteiger partial charge on any atom is 0.253 e. The molecule has 1 heterocycles. The number of primary amides is 1. The van der Waals surface area contributed by atoms with Gasteiger partial charge >= 0.3 is 0 Å². The molecule has 148 valence electrons. The Bertz CT molecular complexity index is 814. The lowest BCUT2D eigenvalue weighted by atomic mass is 9.76. The van der Waals surface area contributed by atoms with Crippen molar-refractivity contribution in [1.82, 2.24) is 4.90 Å². The third-order valence-corrected chi connectivity index (χ3v) is 5.27. The van der Waals surface area contributed by atoms with E-state index in [1.165, 1.54) is 0 Å². The number of carbonyl (C=O) groups excluding carboxylic acids is 2. The molecule has 2 aromatic rings. The van der Waals surface area contributed by atoms with E-state index in [1.807, 2.05) is 41.3 Å². The van der Waals surface area contributed by atoms with Crippen LogP contribution in [0.1, 0.15) is 29.6 Å². The zero-order chi connectivity index (χ0) is 20.0. The summed E-state index contributed by atoms with van der Waals surface area (Å²) in [5.74, 6) is 1.04. The van der Waals surface area contributed by atoms with Gasteiger partial charge in [-0.15, -0.1) is 0 Å². The van der Waals surface area contributed by atoms with Crippen LogP contribution < -0.4 is 15.2 Å². The number of hydrogen-bond acceptors (Lipinski definition) is 4. The molecule has 0 spiro atoms. The van der Waals surface area contributed by atoms with Crippen LogP contribution in [0.4, 0.5) is 0 Å². The van der Waals surface area contributed by atoms with Crippen LogP contribution in [0.3, 0.4) is 0 Å². The molecule has 0 bridgehead atoms. The monoisotopic (exact) mass is 382 g/mol. The molecule has 1 aliphatic rings. The van der Waals surface area contributed by atoms with Gasteiger partial charge in [0.25, 0.3) is 5.91 Å². The first-order valence-electron chi connectivity index (χ1n) is 9.41. The lowest BCUT2D eigenvalue weighted by Crippen LogP contribution is -2.47. The fourth-order valence-electron chi connectivity index (χ4n) is 3.62. The van der Waals surface area contributed by atoms with Gasteiger partial charge in [0, 0.05) is 30.5 Å². The topological polar surface area (TPSA) is 81.9 Å². The zero-order valence-corrected chi connectivity index (χ0v) is 16.1. The summed E-state index contributed by atoms with van der Waals surface area (Å²) in [6.07, 6.45) is 1.58. The molecule has 1 aliphatic heterocycles. The number of hydrogen-bond donors (Lipinski definition) is 1. The fourth-order valence-corrected chi connectivity index (χ4v) is 3.62. The highest BCUT2D eigenvalue weighted by Gasteiger charge is 2.38. The SMILES string of the molecule is COc1cccc(C(=O)N2CCC(COc3ccccc3)(CC(N)=O)CC2)c1. The summed E-state index contributed by atoms with van der Waals surface area (Å²) in [6, 6.07) is 16.7. The minimum atomic E-state index is -0.354. The van der Waals surface area contributed by atoms with Crippen molar-refractivity contribution in [3.63, 3.8) is 0 Å². The number of rotatable bonds is 7. The molecule has 6 nitrogen and oxygen atoms in total. The van der Waals surface area contributed by atoms with E-state index in [9.17, 15) is 9.59 Å². The summed E-state index contributed by atoms with van der Waals surface area (Å²) < 4.78 is 11.1. The van der Waals surface area contributed by atoms with E-state index < -0.39 is 0 Å². The first kappa shape index (κ1) is 19.7. The summed E-state index contributed by atoms with van der Waals surface area (Å²) >= 11 is 0. The highest BCUT2D eigenvalue weighted by Crippen LogP contribution is 2.36. The van der Waals surface area contributed by atoms with Crippen molar-refractivity contribution in [2.45, 2.75) is 19.3 Å². The Balaban J connectivity index is 1.66. The number of nitrogens with two attached hydrogens (primary N) is 1. The molecule has 2 amide bonds. The Morgan fingerprint density at radius 3 is 2.36 bits per heavy atom. The Morgan fingerprint density at radius 1 is 1.04 bits per heavy atom. The Labute approximate surface area is 165 Å². The van der Waals surface area contributed by atoms with Crippen LogP contribution in [0.2, 0.25) is 0 Å². The average molecular weight is 382 g/mol. The molecular weight excluding hydrogens is 356 g/mol. The van der Waals surface area contributed by atoms with Gasteiger partial charge in [0.15, 0.2) is 0 Å². The number of likely N-dealkylation sites (tertiary alicyclic amines) is 1. The third-order valence-electron chi connectivity index (χ3n) is 5.27. The van der Waals surface area contributed by atoms with Crippen LogP contribution in [-0.2, 0) is 4.79 Å². The number of ether oxygens (including phenoxy) is 2. The first-order chi connectivity index (χ1) is 13.5. The lowest BCUT2D eigenvalue weighted by Gasteiger charge is -2.41. The van der Waals surface area contributed by atoms with E-state index in [4.69, 9.17) is 15.2 Å². The normalized spacial score (nSPS) is 15.7. The largest absolute Gasteiger partial charge is 0.497 e. The molecule has 6 heteroatoms. The van der Waals surface area contributed by atoms with Crippen molar-refractivity contribution in [2.75, 3.05) is 26.8 Å². The van der Waals surface area contributed by atoms with E-state index in [0.717, 1.165) is 5.75 Å². The van der Waals surface area contributed by atoms with E-state index >= 15 is 0 Å². The van der Waals surface area contributed by atoms with Crippen molar-refractivity contribution in [1.29, 1.82) is 0 Å². The number of methoxy groups -OCH3 is 1. The van der Waals surface area contributed by atoms with Gasteiger partial charge in [-0.3, -0.25) is 9.59 Å². The van der Waals surface area contributed by atoms with Crippen LogP contribution in [0.15, 0.2) is 54.6 Å². The van der Waals surface area contributed by atoms with Crippen LogP contribution in [0.5, 0.6) is 11.5 Å². The van der Waals surface area contributed by atoms with E-state index in [2.05, 4.69) is 0 Å². The highest BCUT2D eigenvalue weighted by atomic mass is 16.5. The zero-order valence-electron chi connectivity index (χ0n) is 16.1. The highest BCUT2D eigenvalue weighted by molar-refractivity contribution is 5.94. The van der Waals surface area contributed by atoms with Crippen LogP contribution in [-0.4, -0.2) is 43.5 Å². The van der Waals surface area contributed by atoms with E-state index in [0.29, 0.717) is 43.9 Å². The second kappa shape index (κ2) is 8.78. The van der Waals surface area contributed by atoms with Crippen molar-refractivity contribution in [2.24, 2.45) is 11.1 Å². The van der Waals surface area contributed by atoms with Crippen molar-refractivity contribution < 1.29 is 19.1 Å². The summed E-state index contributed by atoms with van der Waals surface area (Å²) in [4.78, 5) is 26.3. The van der Waals surface area contributed by atoms with Crippen LogP contribution in [0, 0.1) is 5.41 Å². The van der Waals surface area contributed by atoms with Crippen molar-refractivity contribution in [3.05, 3.63) is 60.2 Å². The summed E-state index contributed by atoms with van der Waals surface area (Å²) in [6.45, 7) is 1.52. The average Bonchev–Trinajstić information content (AvgIpc) is 2.73. The van der Waals surface area contributed by atoms with E-state index in [-0.39, 0.29) is 23.7 Å². The Morgan fingerprint density at radius 2 is 1.71 bits per heavy atom. The Kier molecular flexibility index (Phi) is 6.19. The summed E-state index contributed by atoms with van der Waals surface area (Å²) in [7, 11) is 1.58. The number of benzene rings is 2. The second-order valence-electron chi connectivity index (χ2n) is 7.27. The van der Waals surface area contributed by atoms with Gasteiger partial charge in [-0.1, -0.05) is 24.3 Å². The number of para-hydroxylation sites is 1. The molecule has 1 saturated heterocycles. The molecule has 1 fully saturated rings. The van der Waals surface area contributed by atoms with E-state index in [1.54, 1.807) is 25.3 Å². The minimum Gasteiger partial charge on any atom is -0.497 e. The number of carbonyl (C=O) groups is 2. The van der Waals surface area contributed by atoms with Gasteiger partial charge in [0.2, 0.25) is 5.91 Å². The Hall–Kier alpha value is -3.02. The van der Waals surface area contributed by atoms with Gasteiger partial charge in [0.05, 0.1) is 13.7 Å². The number of nitrogens with zero attached hydrogens (tertiary/aromatic N) is 1. The second-order valence-corrected chi connectivity index (χ2v) is 7.27. The van der Waals surface area contributed by atoms with Crippen molar-refractivity contribution in [3.8, 4) is 11.5 Å². The molecule has 2 aromatic carbocycles. The maximum absolute atomic E-state index is 12.8. The predicted molar refractivity (Wildman–Crippen MR) is 106 cm³/mol.